The number of rotatable bonds is 2. The number of nitrogen functional groups attached to an aromatic ring is 1. The van der Waals surface area contributed by atoms with Crippen molar-refractivity contribution in [3.05, 3.63) is 51.4 Å². The van der Waals surface area contributed by atoms with Crippen molar-refractivity contribution in [1.82, 2.24) is 9.97 Å². The largest absolute Gasteiger partial charge is 0.383 e. The van der Waals surface area contributed by atoms with Gasteiger partial charge < -0.3 is 5.73 Å². The average Bonchev–Trinajstić information content (AvgIpc) is 3.19. The van der Waals surface area contributed by atoms with E-state index in [2.05, 4.69) is 45.2 Å². The standard InChI is InChI=1S/C16H16BrN3/c17-13-14(9-5-6-9)19-16(20-15(13)18)12-7-10-3-1-2-4-11(10)8-12/h1-4,9,12H,5-8H2,(H2,18,19,20). The van der Waals surface area contributed by atoms with Crippen LogP contribution < -0.4 is 5.73 Å². The third-order valence-corrected chi connectivity index (χ3v) is 5.11. The SMILES string of the molecule is Nc1nc(C2Cc3ccccc3C2)nc(C2CC2)c1Br. The van der Waals surface area contributed by atoms with Crippen LogP contribution in [0.5, 0.6) is 0 Å². The van der Waals surface area contributed by atoms with Crippen LogP contribution in [0.1, 0.15) is 47.3 Å². The molecule has 20 heavy (non-hydrogen) atoms. The molecule has 2 aliphatic rings. The van der Waals surface area contributed by atoms with Gasteiger partial charge in [-0.1, -0.05) is 24.3 Å². The summed E-state index contributed by atoms with van der Waals surface area (Å²) in [4.78, 5) is 9.35. The van der Waals surface area contributed by atoms with Gasteiger partial charge in [0, 0.05) is 11.8 Å². The number of hydrogen-bond acceptors (Lipinski definition) is 3. The number of nitrogens with zero attached hydrogens (tertiary/aromatic N) is 2. The molecule has 0 radical (unpaired) electrons. The molecule has 0 saturated heterocycles. The van der Waals surface area contributed by atoms with E-state index in [9.17, 15) is 0 Å². The van der Waals surface area contributed by atoms with E-state index < -0.39 is 0 Å². The topological polar surface area (TPSA) is 51.8 Å². The zero-order chi connectivity index (χ0) is 13.7. The van der Waals surface area contributed by atoms with Gasteiger partial charge in [-0.2, -0.15) is 0 Å². The van der Waals surface area contributed by atoms with Gasteiger partial charge in [0.1, 0.15) is 11.6 Å². The smallest absolute Gasteiger partial charge is 0.141 e. The molecule has 1 heterocycles. The van der Waals surface area contributed by atoms with Crippen LogP contribution in [0.3, 0.4) is 0 Å². The molecule has 2 N–H and O–H groups in total. The maximum Gasteiger partial charge on any atom is 0.141 e. The number of benzene rings is 1. The first-order valence-corrected chi connectivity index (χ1v) is 7.91. The molecule has 1 aromatic heterocycles. The highest BCUT2D eigenvalue weighted by Gasteiger charge is 2.31. The van der Waals surface area contributed by atoms with Crippen molar-refractivity contribution >= 4 is 21.7 Å². The molecule has 1 fully saturated rings. The molecule has 4 heteroatoms. The third kappa shape index (κ3) is 2.03. The minimum absolute atomic E-state index is 0.375. The van der Waals surface area contributed by atoms with E-state index in [1.165, 1.54) is 24.0 Å². The summed E-state index contributed by atoms with van der Waals surface area (Å²) in [5.41, 5.74) is 10.0. The third-order valence-electron chi connectivity index (χ3n) is 4.30. The molecule has 2 aliphatic carbocycles. The Morgan fingerprint density at radius 2 is 1.65 bits per heavy atom. The molecule has 3 nitrogen and oxygen atoms in total. The first-order chi connectivity index (χ1) is 9.72. The summed E-state index contributed by atoms with van der Waals surface area (Å²) in [6, 6.07) is 8.62. The number of halogens is 1. The fraction of sp³-hybridized carbons (Fsp3) is 0.375. The van der Waals surface area contributed by atoms with Gasteiger partial charge in [-0.25, -0.2) is 9.97 Å². The molecule has 102 valence electrons. The maximum absolute atomic E-state index is 6.06. The molecule has 2 aromatic rings. The van der Waals surface area contributed by atoms with Crippen molar-refractivity contribution in [2.24, 2.45) is 0 Å². The van der Waals surface area contributed by atoms with E-state index in [-0.39, 0.29) is 0 Å². The summed E-state index contributed by atoms with van der Waals surface area (Å²) in [7, 11) is 0. The highest BCUT2D eigenvalue weighted by molar-refractivity contribution is 9.10. The van der Waals surface area contributed by atoms with Crippen molar-refractivity contribution in [1.29, 1.82) is 0 Å². The molecule has 0 amide bonds. The van der Waals surface area contributed by atoms with Gasteiger partial charge in [0.2, 0.25) is 0 Å². The van der Waals surface area contributed by atoms with Crippen LogP contribution in [0, 0.1) is 0 Å². The number of anilines is 1. The Balaban J connectivity index is 1.70. The highest BCUT2D eigenvalue weighted by Crippen LogP contribution is 2.44. The van der Waals surface area contributed by atoms with Gasteiger partial charge in [-0.05, 0) is 52.7 Å². The van der Waals surface area contributed by atoms with Crippen molar-refractivity contribution in [3.63, 3.8) is 0 Å². The fourth-order valence-corrected chi connectivity index (χ4v) is 3.55. The summed E-state index contributed by atoms with van der Waals surface area (Å²) in [5.74, 6) is 2.47. The number of hydrogen-bond donors (Lipinski definition) is 1. The van der Waals surface area contributed by atoms with Gasteiger partial charge in [0.25, 0.3) is 0 Å². The van der Waals surface area contributed by atoms with Crippen molar-refractivity contribution in [2.45, 2.75) is 37.5 Å². The number of fused-ring (bicyclic) bond motifs is 1. The Hall–Kier alpha value is -1.42. The summed E-state index contributed by atoms with van der Waals surface area (Å²) in [6.07, 6.45) is 4.50. The van der Waals surface area contributed by atoms with Crippen molar-refractivity contribution in [3.8, 4) is 0 Å². The second-order valence-electron chi connectivity index (χ2n) is 5.81. The minimum Gasteiger partial charge on any atom is -0.383 e. The van der Waals surface area contributed by atoms with E-state index in [1.807, 2.05) is 0 Å². The van der Waals surface area contributed by atoms with Gasteiger partial charge in [-0.3, -0.25) is 0 Å². The van der Waals surface area contributed by atoms with E-state index in [0.717, 1.165) is 28.8 Å². The highest BCUT2D eigenvalue weighted by atomic mass is 79.9. The maximum atomic E-state index is 6.06. The lowest BCUT2D eigenvalue weighted by Crippen LogP contribution is -2.10. The summed E-state index contributed by atoms with van der Waals surface area (Å²) in [5, 5.41) is 0. The summed E-state index contributed by atoms with van der Waals surface area (Å²) >= 11 is 3.54. The predicted octanol–water partition coefficient (Wildman–Crippen LogP) is 3.58. The van der Waals surface area contributed by atoms with Gasteiger partial charge in [-0.15, -0.1) is 0 Å². The predicted molar refractivity (Wildman–Crippen MR) is 82.7 cm³/mol. The number of aromatic nitrogens is 2. The first kappa shape index (κ1) is 12.3. The molecular weight excluding hydrogens is 314 g/mol. The number of nitrogens with two attached hydrogens (primary N) is 1. The normalized spacial score (nSPS) is 18.2. The molecule has 0 bridgehead atoms. The summed E-state index contributed by atoms with van der Waals surface area (Å²) < 4.78 is 0.902. The van der Waals surface area contributed by atoms with Gasteiger partial charge >= 0.3 is 0 Å². The Bertz CT molecular complexity index is 654. The van der Waals surface area contributed by atoms with Crippen LogP contribution in [0.25, 0.3) is 0 Å². The molecule has 0 aliphatic heterocycles. The lowest BCUT2D eigenvalue weighted by Gasteiger charge is -2.12. The van der Waals surface area contributed by atoms with E-state index in [4.69, 9.17) is 10.7 Å². The Morgan fingerprint density at radius 3 is 2.25 bits per heavy atom. The molecule has 1 saturated carbocycles. The van der Waals surface area contributed by atoms with Crippen LogP contribution in [-0.2, 0) is 12.8 Å². The second kappa shape index (κ2) is 4.55. The van der Waals surface area contributed by atoms with Crippen LogP contribution >= 0.6 is 15.9 Å². The van der Waals surface area contributed by atoms with Gasteiger partial charge in [0.05, 0.1) is 10.2 Å². The molecule has 1 aromatic carbocycles. The first-order valence-electron chi connectivity index (χ1n) is 7.12. The Kier molecular flexibility index (Phi) is 2.81. The summed E-state index contributed by atoms with van der Waals surface area (Å²) in [6.45, 7) is 0. The molecule has 4 rings (SSSR count). The Morgan fingerprint density at radius 1 is 1.00 bits per heavy atom. The monoisotopic (exact) mass is 329 g/mol. The molecule has 0 atom stereocenters. The van der Waals surface area contributed by atoms with Crippen molar-refractivity contribution < 1.29 is 0 Å². The molecule has 0 spiro atoms. The quantitative estimate of drug-likeness (QED) is 0.916. The fourth-order valence-electron chi connectivity index (χ4n) is 3.05. The van der Waals surface area contributed by atoms with Crippen LogP contribution in [0.4, 0.5) is 5.82 Å². The van der Waals surface area contributed by atoms with Crippen LogP contribution in [0.2, 0.25) is 0 Å². The Labute approximate surface area is 126 Å². The van der Waals surface area contributed by atoms with Crippen LogP contribution in [0.15, 0.2) is 28.7 Å². The molecular formula is C16H16BrN3. The zero-order valence-corrected chi connectivity index (χ0v) is 12.7. The average molecular weight is 330 g/mol. The van der Waals surface area contributed by atoms with E-state index >= 15 is 0 Å². The molecule has 0 unspecified atom stereocenters. The minimum atomic E-state index is 0.375. The lowest BCUT2D eigenvalue weighted by atomic mass is 10.1. The van der Waals surface area contributed by atoms with Gasteiger partial charge in [0.15, 0.2) is 0 Å². The second-order valence-corrected chi connectivity index (χ2v) is 6.61. The van der Waals surface area contributed by atoms with Crippen LogP contribution in [-0.4, -0.2) is 9.97 Å². The van der Waals surface area contributed by atoms with E-state index in [0.29, 0.717) is 17.7 Å². The zero-order valence-electron chi connectivity index (χ0n) is 11.1. The lowest BCUT2D eigenvalue weighted by molar-refractivity contribution is 0.674. The van der Waals surface area contributed by atoms with Crippen molar-refractivity contribution in [2.75, 3.05) is 5.73 Å². The van der Waals surface area contributed by atoms with E-state index in [1.54, 1.807) is 0 Å².